The van der Waals surface area contributed by atoms with E-state index in [9.17, 15) is 4.79 Å². The minimum Gasteiger partial charge on any atom is -0.333 e. The normalized spacial score (nSPS) is 25.0. The number of imidazole rings is 1. The monoisotopic (exact) mass is 326 g/mol. The van der Waals surface area contributed by atoms with Gasteiger partial charge in [0, 0.05) is 31.0 Å². The molecule has 2 saturated heterocycles. The number of carbonyl (C=O) groups excluding carboxylic acids is 1. The minimum absolute atomic E-state index is 0.0989. The Morgan fingerprint density at radius 3 is 2.88 bits per heavy atom. The van der Waals surface area contributed by atoms with Gasteiger partial charge in [0.15, 0.2) is 0 Å². The molecule has 4 heterocycles. The van der Waals surface area contributed by atoms with Crippen LogP contribution in [0.3, 0.4) is 0 Å². The fourth-order valence-electron chi connectivity index (χ4n) is 4.46. The minimum atomic E-state index is 0.0989. The Bertz CT molecular complexity index is 753. The number of amides is 1. The zero-order valence-electron chi connectivity index (χ0n) is 14.6. The fraction of sp³-hybridized carbons (Fsp3) is 0.579. The molecule has 0 saturated carbocycles. The average Bonchev–Trinajstić information content (AvgIpc) is 3.30. The van der Waals surface area contributed by atoms with Crippen molar-refractivity contribution in [1.29, 1.82) is 0 Å². The van der Waals surface area contributed by atoms with Crippen LogP contribution in [0, 0.1) is 6.92 Å². The van der Waals surface area contributed by atoms with Gasteiger partial charge in [0.05, 0.1) is 0 Å². The van der Waals surface area contributed by atoms with Crippen molar-refractivity contribution in [3.05, 3.63) is 35.8 Å². The third-order valence-corrected chi connectivity index (χ3v) is 5.66. The Morgan fingerprint density at radius 1 is 1.25 bits per heavy atom. The molecule has 0 aromatic carbocycles. The Hall–Kier alpha value is -1.88. The summed E-state index contributed by atoms with van der Waals surface area (Å²) in [7, 11) is 0. The predicted octanol–water partition coefficient (Wildman–Crippen LogP) is 2.73. The van der Waals surface area contributed by atoms with E-state index in [1.54, 1.807) is 0 Å². The molecule has 2 aliphatic heterocycles. The van der Waals surface area contributed by atoms with Crippen molar-refractivity contribution >= 4 is 11.6 Å². The van der Waals surface area contributed by atoms with Crippen LogP contribution in [0.4, 0.5) is 0 Å². The SMILES string of the molecule is CCN1CCC[C@H]1[C@H]1CCCN1C(=O)c1cn2ccc(C)cc2n1. The highest BCUT2D eigenvalue weighted by molar-refractivity contribution is 5.93. The van der Waals surface area contributed by atoms with Gasteiger partial charge in [-0.15, -0.1) is 0 Å². The number of aryl methyl sites for hydroxylation is 1. The molecule has 0 aliphatic carbocycles. The van der Waals surface area contributed by atoms with Crippen molar-refractivity contribution in [2.24, 2.45) is 0 Å². The van der Waals surface area contributed by atoms with E-state index >= 15 is 0 Å². The van der Waals surface area contributed by atoms with E-state index in [2.05, 4.69) is 21.7 Å². The third kappa shape index (κ3) is 2.61. The van der Waals surface area contributed by atoms with Gasteiger partial charge in [0.25, 0.3) is 5.91 Å². The lowest BCUT2D eigenvalue weighted by molar-refractivity contribution is 0.0645. The van der Waals surface area contributed by atoms with Crippen LogP contribution in [0.5, 0.6) is 0 Å². The van der Waals surface area contributed by atoms with Gasteiger partial charge in [-0.1, -0.05) is 6.92 Å². The second-order valence-electron chi connectivity index (χ2n) is 7.14. The molecule has 0 bridgehead atoms. The number of rotatable bonds is 3. The van der Waals surface area contributed by atoms with Gasteiger partial charge in [-0.05, 0) is 63.4 Å². The first-order valence-electron chi connectivity index (χ1n) is 9.18. The Balaban J connectivity index is 1.60. The van der Waals surface area contributed by atoms with E-state index in [1.165, 1.54) is 19.4 Å². The zero-order chi connectivity index (χ0) is 16.7. The van der Waals surface area contributed by atoms with Crippen LogP contribution in [-0.2, 0) is 0 Å². The van der Waals surface area contributed by atoms with E-state index in [4.69, 9.17) is 0 Å². The predicted molar refractivity (Wildman–Crippen MR) is 94.3 cm³/mol. The highest BCUT2D eigenvalue weighted by atomic mass is 16.2. The first kappa shape index (κ1) is 15.6. The van der Waals surface area contributed by atoms with Crippen LogP contribution in [-0.4, -0.2) is 56.8 Å². The van der Waals surface area contributed by atoms with Gasteiger partial charge >= 0.3 is 0 Å². The maximum Gasteiger partial charge on any atom is 0.274 e. The van der Waals surface area contributed by atoms with Crippen LogP contribution in [0.25, 0.3) is 5.65 Å². The highest BCUT2D eigenvalue weighted by Crippen LogP contribution is 2.30. The van der Waals surface area contributed by atoms with E-state index in [0.29, 0.717) is 17.8 Å². The van der Waals surface area contributed by atoms with E-state index < -0.39 is 0 Å². The smallest absolute Gasteiger partial charge is 0.274 e. The molecule has 24 heavy (non-hydrogen) atoms. The number of fused-ring (bicyclic) bond motifs is 1. The summed E-state index contributed by atoms with van der Waals surface area (Å²) in [6, 6.07) is 4.94. The van der Waals surface area contributed by atoms with Crippen LogP contribution in [0.1, 0.15) is 48.7 Å². The fourth-order valence-corrected chi connectivity index (χ4v) is 4.46. The van der Waals surface area contributed by atoms with Crippen molar-refractivity contribution in [1.82, 2.24) is 19.2 Å². The number of pyridine rings is 1. The first-order valence-corrected chi connectivity index (χ1v) is 9.18. The maximum absolute atomic E-state index is 13.1. The van der Waals surface area contributed by atoms with Crippen LogP contribution in [0.2, 0.25) is 0 Å². The molecule has 2 aliphatic rings. The molecule has 2 aromatic rings. The zero-order valence-corrected chi connectivity index (χ0v) is 14.6. The second-order valence-corrected chi connectivity index (χ2v) is 7.14. The molecule has 2 atom stereocenters. The highest BCUT2D eigenvalue weighted by Gasteiger charge is 2.39. The number of likely N-dealkylation sites (tertiary alicyclic amines) is 2. The van der Waals surface area contributed by atoms with E-state index in [1.807, 2.05) is 35.9 Å². The number of hydrogen-bond donors (Lipinski definition) is 0. The quantitative estimate of drug-likeness (QED) is 0.871. The molecule has 2 fully saturated rings. The lowest BCUT2D eigenvalue weighted by Gasteiger charge is -2.34. The van der Waals surface area contributed by atoms with E-state index in [-0.39, 0.29) is 5.91 Å². The molecular weight excluding hydrogens is 300 g/mol. The molecule has 128 valence electrons. The van der Waals surface area contributed by atoms with Crippen LogP contribution < -0.4 is 0 Å². The molecule has 0 spiro atoms. The summed E-state index contributed by atoms with van der Waals surface area (Å²) < 4.78 is 1.94. The van der Waals surface area contributed by atoms with Gasteiger partial charge in [-0.2, -0.15) is 0 Å². The lowest BCUT2D eigenvalue weighted by atomic mass is 10.0. The topological polar surface area (TPSA) is 40.9 Å². The maximum atomic E-state index is 13.1. The van der Waals surface area contributed by atoms with Gasteiger partial charge in [-0.25, -0.2) is 4.98 Å². The molecule has 2 aromatic heterocycles. The van der Waals surface area contributed by atoms with Crippen LogP contribution in [0.15, 0.2) is 24.5 Å². The van der Waals surface area contributed by atoms with Crippen molar-refractivity contribution in [3.63, 3.8) is 0 Å². The standard InChI is InChI=1S/C19H26N4O/c1-3-21-9-4-6-16(21)17-7-5-10-23(17)19(24)15-13-22-11-8-14(2)12-18(22)20-15/h8,11-13,16-17H,3-7,9-10H2,1-2H3/t16-,17+/m0/s1. The summed E-state index contributed by atoms with van der Waals surface area (Å²) in [4.78, 5) is 22.3. The first-order chi connectivity index (χ1) is 11.7. The molecule has 4 rings (SSSR count). The van der Waals surface area contributed by atoms with Gasteiger partial charge in [0.1, 0.15) is 11.3 Å². The van der Waals surface area contributed by atoms with Crippen molar-refractivity contribution in [2.45, 2.75) is 51.6 Å². The number of aromatic nitrogens is 2. The molecule has 0 N–H and O–H groups in total. The molecular formula is C19H26N4O. The second kappa shape index (κ2) is 6.20. The summed E-state index contributed by atoms with van der Waals surface area (Å²) in [6.45, 7) is 7.39. The summed E-state index contributed by atoms with van der Waals surface area (Å²) in [6.07, 6.45) is 8.55. The van der Waals surface area contributed by atoms with Crippen molar-refractivity contribution < 1.29 is 4.79 Å². The van der Waals surface area contributed by atoms with Crippen molar-refractivity contribution in [2.75, 3.05) is 19.6 Å². The lowest BCUT2D eigenvalue weighted by Crippen LogP contribution is -2.48. The van der Waals surface area contributed by atoms with Gasteiger partial charge in [0.2, 0.25) is 0 Å². The molecule has 5 heteroatoms. The van der Waals surface area contributed by atoms with Crippen molar-refractivity contribution in [3.8, 4) is 0 Å². The summed E-state index contributed by atoms with van der Waals surface area (Å²) in [5, 5.41) is 0. The van der Waals surface area contributed by atoms with Gasteiger partial charge < -0.3 is 9.30 Å². The Labute approximate surface area is 143 Å². The van der Waals surface area contributed by atoms with Gasteiger partial charge in [-0.3, -0.25) is 9.69 Å². The number of nitrogens with zero attached hydrogens (tertiary/aromatic N) is 4. The Kier molecular flexibility index (Phi) is 4.04. The largest absolute Gasteiger partial charge is 0.333 e. The third-order valence-electron chi connectivity index (χ3n) is 5.66. The average molecular weight is 326 g/mol. The molecule has 5 nitrogen and oxygen atoms in total. The van der Waals surface area contributed by atoms with E-state index in [0.717, 1.165) is 37.1 Å². The summed E-state index contributed by atoms with van der Waals surface area (Å²) in [5.41, 5.74) is 2.59. The number of carbonyl (C=O) groups is 1. The number of hydrogen-bond acceptors (Lipinski definition) is 3. The Morgan fingerprint density at radius 2 is 2.04 bits per heavy atom. The molecule has 0 unspecified atom stereocenters. The van der Waals surface area contributed by atoms with Crippen LogP contribution >= 0.6 is 0 Å². The summed E-state index contributed by atoms with van der Waals surface area (Å²) in [5.74, 6) is 0.0989. The summed E-state index contributed by atoms with van der Waals surface area (Å²) >= 11 is 0. The molecule has 0 radical (unpaired) electrons. The number of likely N-dealkylation sites (N-methyl/N-ethyl adjacent to an activating group) is 1. The molecule has 1 amide bonds.